The van der Waals surface area contributed by atoms with Gasteiger partial charge < -0.3 is 9.53 Å². The summed E-state index contributed by atoms with van der Waals surface area (Å²) < 4.78 is 4.76. The highest BCUT2D eigenvalue weighted by Crippen LogP contribution is 2.08. The number of carbonyl (C=O) groups excluding carboxylic acids is 2. The molecular formula is C11H18O3. The smallest absolute Gasteiger partial charge is 0.316 e. The largest absolute Gasteiger partial charge is 0.465 e. The molecule has 0 heterocycles. The molecule has 0 aromatic rings. The molecule has 14 heavy (non-hydrogen) atoms. The van der Waals surface area contributed by atoms with Gasteiger partial charge in [0.05, 0.1) is 6.61 Å². The Hall–Kier alpha value is -1.12. The number of hydrogen-bond acceptors (Lipinski definition) is 3. The van der Waals surface area contributed by atoms with Crippen LogP contribution in [0.15, 0.2) is 11.6 Å². The summed E-state index contributed by atoms with van der Waals surface area (Å²) in [5, 5.41) is 0. The van der Waals surface area contributed by atoms with Crippen molar-refractivity contribution in [3.05, 3.63) is 11.6 Å². The lowest BCUT2D eigenvalue weighted by atomic mass is 10.0. The fourth-order valence-electron chi connectivity index (χ4n) is 1.04. The van der Waals surface area contributed by atoms with Crippen molar-refractivity contribution in [2.75, 3.05) is 6.61 Å². The summed E-state index contributed by atoms with van der Waals surface area (Å²) in [6.45, 7) is 6.03. The molecule has 0 aromatic heterocycles. The van der Waals surface area contributed by atoms with Crippen molar-refractivity contribution >= 4 is 12.3 Å². The van der Waals surface area contributed by atoms with Gasteiger partial charge in [-0.05, 0) is 33.6 Å². The van der Waals surface area contributed by atoms with E-state index in [2.05, 4.69) is 0 Å². The molecule has 0 radical (unpaired) electrons. The molecular weight excluding hydrogens is 180 g/mol. The number of rotatable bonds is 6. The lowest BCUT2D eigenvalue weighted by Crippen LogP contribution is -2.18. The van der Waals surface area contributed by atoms with Crippen LogP contribution in [0.2, 0.25) is 0 Å². The van der Waals surface area contributed by atoms with E-state index in [0.717, 1.165) is 6.42 Å². The number of carbonyl (C=O) groups is 2. The Morgan fingerprint density at radius 3 is 2.50 bits per heavy atom. The molecule has 0 aliphatic rings. The maximum absolute atomic E-state index is 11.2. The quantitative estimate of drug-likeness (QED) is 0.284. The molecule has 0 N–H and O–H groups in total. The van der Waals surface area contributed by atoms with Gasteiger partial charge in [-0.15, -0.1) is 0 Å². The highest BCUT2D eigenvalue weighted by molar-refractivity contribution is 5.87. The van der Waals surface area contributed by atoms with Gasteiger partial charge in [0.15, 0.2) is 0 Å². The lowest BCUT2D eigenvalue weighted by molar-refractivity contribution is -0.149. The SMILES string of the molecule is CCOC(=O)C(C=O)CCC=C(C)C. The van der Waals surface area contributed by atoms with Crippen molar-refractivity contribution in [2.24, 2.45) is 5.92 Å². The van der Waals surface area contributed by atoms with Crippen molar-refractivity contribution in [1.82, 2.24) is 0 Å². The maximum atomic E-state index is 11.2. The summed E-state index contributed by atoms with van der Waals surface area (Å²) in [7, 11) is 0. The molecule has 3 nitrogen and oxygen atoms in total. The molecule has 0 aromatic carbocycles. The molecule has 0 fully saturated rings. The molecule has 0 aliphatic heterocycles. The van der Waals surface area contributed by atoms with E-state index in [9.17, 15) is 9.59 Å². The van der Waals surface area contributed by atoms with Crippen LogP contribution in [0.4, 0.5) is 0 Å². The lowest BCUT2D eigenvalue weighted by Gasteiger charge is -2.07. The van der Waals surface area contributed by atoms with Gasteiger partial charge >= 0.3 is 5.97 Å². The van der Waals surface area contributed by atoms with Crippen LogP contribution in [-0.4, -0.2) is 18.9 Å². The predicted molar refractivity (Wildman–Crippen MR) is 54.9 cm³/mol. The van der Waals surface area contributed by atoms with E-state index in [1.54, 1.807) is 6.92 Å². The fraction of sp³-hybridized carbons (Fsp3) is 0.636. The predicted octanol–water partition coefficient (Wildman–Crippen LogP) is 2.11. The summed E-state index contributed by atoms with van der Waals surface area (Å²) in [4.78, 5) is 21.8. The zero-order valence-electron chi connectivity index (χ0n) is 9.08. The highest BCUT2D eigenvalue weighted by atomic mass is 16.5. The maximum Gasteiger partial charge on any atom is 0.316 e. The summed E-state index contributed by atoms with van der Waals surface area (Å²) in [6.07, 6.45) is 3.95. The minimum absolute atomic E-state index is 0.325. The van der Waals surface area contributed by atoms with Crippen molar-refractivity contribution in [3.8, 4) is 0 Å². The van der Waals surface area contributed by atoms with Crippen LogP contribution in [0.5, 0.6) is 0 Å². The topological polar surface area (TPSA) is 43.4 Å². The van der Waals surface area contributed by atoms with Gasteiger partial charge in [-0.25, -0.2) is 0 Å². The van der Waals surface area contributed by atoms with E-state index in [1.807, 2.05) is 19.9 Å². The number of allylic oxidation sites excluding steroid dienone is 2. The first-order valence-corrected chi connectivity index (χ1v) is 4.87. The summed E-state index contributed by atoms with van der Waals surface area (Å²) >= 11 is 0. The van der Waals surface area contributed by atoms with Crippen molar-refractivity contribution in [3.63, 3.8) is 0 Å². The summed E-state index contributed by atoms with van der Waals surface area (Å²) in [5.74, 6) is -1.02. The molecule has 0 amide bonds. The standard InChI is InChI=1S/C11H18O3/c1-4-14-11(13)10(8-12)7-5-6-9(2)3/h6,8,10H,4-5,7H2,1-3H3. The van der Waals surface area contributed by atoms with Gasteiger partial charge in [0.2, 0.25) is 0 Å². The molecule has 0 bridgehead atoms. The van der Waals surface area contributed by atoms with Gasteiger partial charge in [0.1, 0.15) is 12.2 Å². The van der Waals surface area contributed by atoms with E-state index < -0.39 is 11.9 Å². The minimum atomic E-state index is -0.606. The van der Waals surface area contributed by atoms with Gasteiger partial charge in [-0.3, -0.25) is 4.79 Å². The summed E-state index contributed by atoms with van der Waals surface area (Å²) in [5.41, 5.74) is 1.19. The molecule has 0 saturated carbocycles. The Morgan fingerprint density at radius 2 is 2.07 bits per heavy atom. The first kappa shape index (κ1) is 12.9. The van der Waals surface area contributed by atoms with Crippen LogP contribution in [0.3, 0.4) is 0 Å². The number of ether oxygens (including phenoxy) is 1. The molecule has 1 unspecified atom stereocenters. The van der Waals surface area contributed by atoms with Gasteiger partial charge in [0.25, 0.3) is 0 Å². The van der Waals surface area contributed by atoms with Gasteiger partial charge in [-0.2, -0.15) is 0 Å². The zero-order chi connectivity index (χ0) is 11.0. The van der Waals surface area contributed by atoms with Crippen LogP contribution >= 0.6 is 0 Å². The Kier molecular flexibility index (Phi) is 6.72. The van der Waals surface area contributed by atoms with E-state index in [4.69, 9.17) is 4.74 Å². The average Bonchev–Trinajstić information content (AvgIpc) is 2.12. The zero-order valence-corrected chi connectivity index (χ0v) is 9.08. The third-order valence-corrected chi connectivity index (χ3v) is 1.78. The van der Waals surface area contributed by atoms with Crippen LogP contribution in [0.1, 0.15) is 33.6 Å². The van der Waals surface area contributed by atoms with Crippen molar-refractivity contribution < 1.29 is 14.3 Å². The monoisotopic (exact) mass is 198 g/mol. The second kappa shape index (κ2) is 7.30. The van der Waals surface area contributed by atoms with E-state index >= 15 is 0 Å². The third-order valence-electron chi connectivity index (χ3n) is 1.78. The molecule has 80 valence electrons. The van der Waals surface area contributed by atoms with Crippen LogP contribution in [0.25, 0.3) is 0 Å². The third kappa shape index (κ3) is 5.51. The molecule has 0 saturated heterocycles. The van der Waals surface area contributed by atoms with Crippen molar-refractivity contribution in [1.29, 1.82) is 0 Å². The Labute approximate surface area is 85.1 Å². The Morgan fingerprint density at radius 1 is 1.43 bits per heavy atom. The highest BCUT2D eigenvalue weighted by Gasteiger charge is 2.17. The van der Waals surface area contributed by atoms with Crippen molar-refractivity contribution in [2.45, 2.75) is 33.6 Å². The number of aldehydes is 1. The second-order valence-electron chi connectivity index (χ2n) is 3.35. The number of hydrogen-bond donors (Lipinski definition) is 0. The van der Waals surface area contributed by atoms with E-state index in [0.29, 0.717) is 19.3 Å². The number of esters is 1. The van der Waals surface area contributed by atoms with E-state index in [-0.39, 0.29) is 0 Å². The molecule has 1 atom stereocenters. The van der Waals surface area contributed by atoms with Crippen LogP contribution < -0.4 is 0 Å². The average molecular weight is 198 g/mol. The first-order chi connectivity index (χ1) is 6.61. The normalized spacial score (nSPS) is 11.6. The minimum Gasteiger partial charge on any atom is -0.465 e. The fourth-order valence-corrected chi connectivity index (χ4v) is 1.04. The molecule has 0 aliphatic carbocycles. The van der Waals surface area contributed by atoms with Gasteiger partial charge in [-0.1, -0.05) is 11.6 Å². The van der Waals surface area contributed by atoms with Crippen LogP contribution in [0, 0.1) is 5.92 Å². The molecule has 0 spiro atoms. The van der Waals surface area contributed by atoms with E-state index in [1.165, 1.54) is 5.57 Å². The van der Waals surface area contributed by atoms with Crippen LogP contribution in [-0.2, 0) is 14.3 Å². The van der Waals surface area contributed by atoms with Gasteiger partial charge in [0, 0.05) is 0 Å². The second-order valence-corrected chi connectivity index (χ2v) is 3.35. The molecule has 3 heteroatoms. The first-order valence-electron chi connectivity index (χ1n) is 4.87. The molecule has 0 rings (SSSR count). The Balaban J connectivity index is 3.96. The Bertz CT molecular complexity index is 215. The summed E-state index contributed by atoms with van der Waals surface area (Å²) in [6, 6.07) is 0.